The summed E-state index contributed by atoms with van der Waals surface area (Å²) >= 11 is 3.52. The number of aliphatic hydroxyl groups is 1. The maximum Gasteiger partial charge on any atom is 0.175 e. The van der Waals surface area contributed by atoms with E-state index in [1.165, 1.54) is 0 Å². The Morgan fingerprint density at radius 1 is 1.26 bits per heavy atom. The smallest absolute Gasteiger partial charge is 0.175 e. The molecule has 1 aromatic rings. The van der Waals surface area contributed by atoms with E-state index in [2.05, 4.69) is 27.3 Å². The van der Waals surface area contributed by atoms with Crippen molar-refractivity contribution in [2.24, 2.45) is 5.41 Å². The first-order chi connectivity index (χ1) is 9.22. The van der Waals surface area contributed by atoms with E-state index >= 15 is 0 Å². The Morgan fingerprint density at radius 2 is 2.05 bits per heavy atom. The molecule has 0 radical (unpaired) electrons. The van der Waals surface area contributed by atoms with Crippen LogP contribution in [0, 0.1) is 5.41 Å². The van der Waals surface area contributed by atoms with Crippen molar-refractivity contribution in [2.75, 3.05) is 26.4 Å². The number of hydrogen-bond acceptors (Lipinski definition) is 4. The Morgan fingerprint density at radius 3 is 2.79 bits per heavy atom. The quantitative estimate of drug-likeness (QED) is 0.869. The molecule has 2 N–H and O–H groups in total. The lowest BCUT2D eigenvalue weighted by molar-refractivity contribution is 0.170. The standard InChI is InChI=1S/C14H18BrNO3/c15-11-5-10(6-12-13(11)19-4-3-18-12)7-16-8-14(9-17)1-2-14/h5-6,16-17H,1-4,7-9H2. The number of benzene rings is 1. The zero-order valence-corrected chi connectivity index (χ0v) is 12.3. The fraction of sp³-hybridized carbons (Fsp3) is 0.571. The number of rotatable bonds is 5. The van der Waals surface area contributed by atoms with Crippen molar-refractivity contribution in [3.8, 4) is 11.5 Å². The summed E-state index contributed by atoms with van der Waals surface area (Å²) in [6, 6.07) is 4.07. The molecule has 1 heterocycles. The molecule has 1 aromatic carbocycles. The highest BCUT2D eigenvalue weighted by molar-refractivity contribution is 9.10. The number of fused-ring (bicyclic) bond motifs is 1. The number of halogens is 1. The van der Waals surface area contributed by atoms with Crippen LogP contribution >= 0.6 is 15.9 Å². The van der Waals surface area contributed by atoms with Crippen molar-refractivity contribution >= 4 is 15.9 Å². The third kappa shape index (κ3) is 2.88. The topological polar surface area (TPSA) is 50.7 Å². The van der Waals surface area contributed by atoms with Crippen LogP contribution in [0.3, 0.4) is 0 Å². The van der Waals surface area contributed by atoms with Crippen molar-refractivity contribution in [3.63, 3.8) is 0 Å². The molecule has 1 aliphatic heterocycles. The van der Waals surface area contributed by atoms with Gasteiger partial charge in [0.25, 0.3) is 0 Å². The zero-order valence-electron chi connectivity index (χ0n) is 10.7. The first-order valence-electron chi connectivity index (χ1n) is 6.62. The first-order valence-corrected chi connectivity index (χ1v) is 7.41. The van der Waals surface area contributed by atoms with Crippen molar-refractivity contribution in [2.45, 2.75) is 19.4 Å². The summed E-state index contributed by atoms with van der Waals surface area (Å²) in [5, 5.41) is 12.7. The fourth-order valence-electron chi connectivity index (χ4n) is 2.31. The van der Waals surface area contributed by atoms with Gasteiger partial charge in [0, 0.05) is 25.1 Å². The number of aliphatic hydroxyl groups excluding tert-OH is 1. The molecule has 0 unspecified atom stereocenters. The molecule has 2 aliphatic rings. The average molecular weight is 328 g/mol. The van der Waals surface area contributed by atoms with Crippen LogP contribution in [0.25, 0.3) is 0 Å². The number of hydrogen-bond donors (Lipinski definition) is 2. The lowest BCUT2D eigenvalue weighted by Crippen LogP contribution is -2.26. The third-order valence-electron chi connectivity index (χ3n) is 3.78. The first kappa shape index (κ1) is 13.2. The van der Waals surface area contributed by atoms with Crippen LogP contribution in [-0.4, -0.2) is 31.5 Å². The molecule has 0 amide bonds. The van der Waals surface area contributed by atoms with Crippen LogP contribution < -0.4 is 14.8 Å². The molecule has 0 aromatic heterocycles. The summed E-state index contributed by atoms with van der Waals surface area (Å²) in [5.41, 5.74) is 1.30. The lowest BCUT2D eigenvalue weighted by Gasteiger charge is -2.21. The minimum absolute atomic E-state index is 0.144. The van der Waals surface area contributed by atoms with E-state index in [-0.39, 0.29) is 12.0 Å². The number of nitrogens with one attached hydrogen (secondary N) is 1. The van der Waals surface area contributed by atoms with E-state index < -0.39 is 0 Å². The minimum atomic E-state index is 0.144. The van der Waals surface area contributed by atoms with Crippen molar-refractivity contribution in [1.82, 2.24) is 5.32 Å². The van der Waals surface area contributed by atoms with Gasteiger partial charge in [-0.3, -0.25) is 0 Å². The molecule has 19 heavy (non-hydrogen) atoms. The van der Waals surface area contributed by atoms with E-state index in [1.54, 1.807) is 0 Å². The van der Waals surface area contributed by atoms with E-state index in [0.717, 1.165) is 47.5 Å². The monoisotopic (exact) mass is 327 g/mol. The third-order valence-corrected chi connectivity index (χ3v) is 4.37. The van der Waals surface area contributed by atoms with Gasteiger partial charge in [-0.25, -0.2) is 0 Å². The zero-order chi connectivity index (χ0) is 13.3. The summed E-state index contributed by atoms with van der Waals surface area (Å²) in [6.45, 7) is 3.13. The van der Waals surface area contributed by atoms with Gasteiger partial charge in [0.15, 0.2) is 11.5 Å². The lowest BCUT2D eigenvalue weighted by atomic mass is 10.1. The Bertz CT molecular complexity index is 474. The predicted molar refractivity (Wildman–Crippen MR) is 75.6 cm³/mol. The summed E-state index contributed by atoms with van der Waals surface area (Å²) < 4.78 is 12.1. The van der Waals surface area contributed by atoms with Gasteiger partial charge in [-0.1, -0.05) is 0 Å². The maximum absolute atomic E-state index is 9.27. The molecule has 0 atom stereocenters. The van der Waals surface area contributed by atoms with E-state index in [0.29, 0.717) is 13.2 Å². The normalized spacial score (nSPS) is 19.3. The molecule has 0 bridgehead atoms. The van der Waals surface area contributed by atoms with Crippen LogP contribution in [0.2, 0.25) is 0 Å². The molecule has 0 saturated heterocycles. The van der Waals surface area contributed by atoms with Crippen molar-refractivity contribution < 1.29 is 14.6 Å². The molecule has 5 heteroatoms. The van der Waals surface area contributed by atoms with Crippen LogP contribution in [0.4, 0.5) is 0 Å². The van der Waals surface area contributed by atoms with Gasteiger partial charge < -0.3 is 19.9 Å². The van der Waals surface area contributed by atoms with Crippen molar-refractivity contribution in [3.05, 3.63) is 22.2 Å². The van der Waals surface area contributed by atoms with Gasteiger partial charge >= 0.3 is 0 Å². The van der Waals surface area contributed by atoms with E-state index in [1.807, 2.05) is 6.07 Å². The van der Waals surface area contributed by atoms with Crippen LogP contribution in [0.15, 0.2) is 16.6 Å². The Labute approximate surface area is 121 Å². The SMILES string of the molecule is OCC1(CNCc2cc(Br)c3c(c2)OCCO3)CC1. The molecular formula is C14H18BrNO3. The summed E-state index contributed by atoms with van der Waals surface area (Å²) in [7, 11) is 0. The summed E-state index contributed by atoms with van der Waals surface area (Å²) in [4.78, 5) is 0. The van der Waals surface area contributed by atoms with Crippen LogP contribution in [-0.2, 0) is 6.54 Å². The van der Waals surface area contributed by atoms with Crippen LogP contribution in [0.1, 0.15) is 18.4 Å². The van der Waals surface area contributed by atoms with E-state index in [4.69, 9.17) is 9.47 Å². The highest BCUT2D eigenvalue weighted by Gasteiger charge is 2.41. The Kier molecular flexibility index (Phi) is 3.69. The predicted octanol–water partition coefficient (Wildman–Crippen LogP) is 2.08. The summed E-state index contributed by atoms with van der Waals surface area (Å²) in [6.07, 6.45) is 2.25. The second-order valence-electron chi connectivity index (χ2n) is 5.36. The highest BCUT2D eigenvalue weighted by Crippen LogP contribution is 2.44. The molecule has 1 fully saturated rings. The maximum atomic E-state index is 9.27. The highest BCUT2D eigenvalue weighted by atomic mass is 79.9. The number of ether oxygens (including phenoxy) is 2. The van der Waals surface area contributed by atoms with Gasteiger partial charge in [-0.05, 0) is 46.5 Å². The second kappa shape index (κ2) is 5.31. The van der Waals surface area contributed by atoms with Gasteiger partial charge in [0.05, 0.1) is 4.47 Å². The minimum Gasteiger partial charge on any atom is -0.486 e. The second-order valence-corrected chi connectivity index (χ2v) is 6.22. The summed E-state index contributed by atoms with van der Waals surface area (Å²) in [5.74, 6) is 1.60. The van der Waals surface area contributed by atoms with E-state index in [9.17, 15) is 5.11 Å². The van der Waals surface area contributed by atoms with Crippen LogP contribution in [0.5, 0.6) is 11.5 Å². The molecule has 1 aliphatic carbocycles. The molecule has 4 nitrogen and oxygen atoms in total. The molecular weight excluding hydrogens is 310 g/mol. The largest absolute Gasteiger partial charge is 0.486 e. The molecule has 3 rings (SSSR count). The van der Waals surface area contributed by atoms with Gasteiger partial charge in [-0.2, -0.15) is 0 Å². The van der Waals surface area contributed by atoms with Gasteiger partial charge in [0.2, 0.25) is 0 Å². The van der Waals surface area contributed by atoms with Crippen molar-refractivity contribution in [1.29, 1.82) is 0 Å². The van der Waals surface area contributed by atoms with Gasteiger partial charge in [-0.15, -0.1) is 0 Å². The average Bonchev–Trinajstić information content (AvgIpc) is 3.19. The fourth-order valence-corrected chi connectivity index (χ4v) is 2.91. The Hall–Kier alpha value is -0.780. The molecule has 104 valence electrons. The van der Waals surface area contributed by atoms with Gasteiger partial charge in [0.1, 0.15) is 13.2 Å². The molecule has 0 spiro atoms. The Balaban J connectivity index is 1.63. The molecule has 1 saturated carbocycles.